The molecule has 1 atom stereocenters. The first-order valence-electron chi connectivity index (χ1n) is 5.91. The molecule has 0 saturated heterocycles. The van der Waals surface area contributed by atoms with Crippen molar-refractivity contribution >= 4 is 17.1 Å². The number of hydrogen-bond acceptors (Lipinski definition) is 4. The number of benzene rings is 1. The monoisotopic (exact) mass is 264 g/mol. The third kappa shape index (κ3) is 2.53. The van der Waals surface area contributed by atoms with Crippen LogP contribution in [0.5, 0.6) is 0 Å². The van der Waals surface area contributed by atoms with Crippen molar-refractivity contribution in [1.82, 2.24) is 9.47 Å². The van der Waals surface area contributed by atoms with Gasteiger partial charge < -0.3 is 9.52 Å². The number of carbonyl (C=O) groups is 1. The number of carboxylic acids is 1. The molecule has 1 aromatic heterocycles. The predicted molar refractivity (Wildman–Crippen MR) is 70.0 cm³/mol. The van der Waals surface area contributed by atoms with Crippen molar-refractivity contribution in [2.24, 2.45) is 7.05 Å². The zero-order chi connectivity index (χ0) is 14.2. The molecule has 6 heteroatoms. The summed E-state index contributed by atoms with van der Waals surface area (Å²) in [5, 5.41) is 8.95. The summed E-state index contributed by atoms with van der Waals surface area (Å²) in [5.41, 5.74) is 2.17. The lowest BCUT2D eigenvalue weighted by Gasteiger charge is -2.20. The van der Waals surface area contributed by atoms with Crippen LogP contribution in [0, 0.1) is 0 Å². The van der Waals surface area contributed by atoms with E-state index in [-0.39, 0.29) is 0 Å². The highest BCUT2D eigenvalue weighted by Crippen LogP contribution is 2.16. The number of carboxylic acid groups (broad SMARTS) is 1. The van der Waals surface area contributed by atoms with Crippen molar-refractivity contribution < 1.29 is 14.3 Å². The molecule has 1 N–H and O–H groups in total. The molecule has 1 heterocycles. The molecule has 1 aromatic carbocycles. The second-order valence-electron chi connectivity index (χ2n) is 4.66. The number of aryl methyl sites for hydroxylation is 1. The van der Waals surface area contributed by atoms with Gasteiger partial charge in [-0.15, -0.1) is 0 Å². The Kier molecular flexibility index (Phi) is 3.44. The van der Waals surface area contributed by atoms with Crippen molar-refractivity contribution in [3.8, 4) is 0 Å². The normalized spacial score (nSPS) is 13.1. The summed E-state index contributed by atoms with van der Waals surface area (Å²) in [6.07, 6.45) is 0. The standard InChI is InChI=1S/C13H16N2O4/c1-8(12(16)17)14(2)7-9-4-5-11-10(6-9)15(3)13(18)19-11/h4-6,8H,7H2,1-3H3,(H,16,17). The van der Waals surface area contributed by atoms with Crippen molar-refractivity contribution in [2.45, 2.75) is 19.5 Å². The maximum atomic E-state index is 11.4. The van der Waals surface area contributed by atoms with E-state index in [1.54, 1.807) is 32.0 Å². The molecule has 2 aromatic rings. The summed E-state index contributed by atoms with van der Waals surface area (Å²) in [7, 11) is 3.39. The van der Waals surface area contributed by atoms with Gasteiger partial charge in [-0.05, 0) is 31.7 Å². The Labute approximate surface area is 109 Å². The lowest BCUT2D eigenvalue weighted by molar-refractivity contribution is -0.142. The topological polar surface area (TPSA) is 75.7 Å². The summed E-state index contributed by atoms with van der Waals surface area (Å²) in [6, 6.07) is 4.83. The molecular weight excluding hydrogens is 248 g/mol. The summed E-state index contributed by atoms with van der Waals surface area (Å²) in [5.74, 6) is -1.27. The Morgan fingerprint density at radius 2 is 2.21 bits per heavy atom. The summed E-state index contributed by atoms with van der Waals surface area (Å²) in [4.78, 5) is 24.0. The highest BCUT2D eigenvalue weighted by atomic mass is 16.4. The van der Waals surface area contributed by atoms with E-state index < -0.39 is 17.8 Å². The fourth-order valence-electron chi connectivity index (χ4n) is 1.88. The largest absolute Gasteiger partial charge is 0.480 e. The average Bonchev–Trinajstić information content (AvgIpc) is 2.64. The van der Waals surface area contributed by atoms with Gasteiger partial charge in [-0.25, -0.2) is 4.79 Å². The fraction of sp³-hybridized carbons (Fsp3) is 0.385. The predicted octanol–water partition coefficient (Wildman–Crippen LogP) is 1.04. The van der Waals surface area contributed by atoms with E-state index in [2.05, 4.69) is 0 Å². The SMILES string of the molecule is CC(C(=O)O)N(C)Cc1ccc2oc(=O)n(C)c2c1. The van der Waals surface area contributed by atoms with Crippen LogP contribution in [0.25, 0.3) is 11.1 Å². The molecule has 0 aliphatic rings. The minimum atomic E-state index is -0.862. The van der Waals surface area contributed by atoms with Gasteiger partial charge in [0.25, 0.3) is 0 Å². The van der Waals surface area contributed by atoms with Crippen LogP contribution in [0.15, 0.2) is 27.4 Å². The van der Waals surface area contributed by atoms with Gasteiger partial charge in [-0.2, -0.15) is 0 Å². The molecule has 0 bridgehead atoms. The second-order valence-corrected chi connectivity index (χ2v) is 4.66. The number of aliphatic carboxylic acids is 1. The van der Waals surface area contributed by atoms with Crippen molar-refractivity contribution in [3.05, 3.63) is 34.3 Å². The molecule has 0 aliphatic carbocycles. The zero-order valence-corrected chi connectivity index (χ0v) is 11.1. The molecular formula is C13H16N2O4. The van der Waals surface area contributed by atoms with E-state index >= 15 is 0 Å². The fourth-order valence-corrected chi connectivity index (χ4v) is 1.88. The Bertz CT molecular complexity index is 671. The summed E-state index contributed by atoms with van der Waals surface area (Å²) < 4.78 is 6.47. The van der Waals surface area contributed by atoms with Gasteiger partial charge in [0.05, 0.1) is 5.52 Å². The quantitative estimate of drug-likeness (QED) is 0.892. The lowest BCUT2D eigenvalue weighted by Crippen LogP contribution is -2.35. The van der Waals surface area contributed by atoms with Crippen LogP contribution in [-0.4, -0.2) is 33.6 Å². The van der Waals surface area contributed by atoms with Crippen LogP contribution in [0.2, 0.25) is 0 Å². The van der Waals surface area contributed by atoms with E-state index in [0.717, 1.165) is 5.56 Å². The van der Waals surface area contributed by atoms with E-state index in [1.807, 2.05) is 12.1 Å². The van der Waals surface area contributed by atoms with Crippen molar-refractivity contribution in [2.75, 3.05) is 7.05 Å². The molecule has 0 radical (unpaired) electrons. The van der Waals surface area contributed by atoms with E-state index in [1.165, 1.54) is 4.57 Å². The Morgan fingerprint density at radius 1 is 1.53 bits per heavy atom. The van der Waals surface area contributed by atoms with E-state index in [4.69, 9.17) is 9.52 Å². The first kappa shape index (κ1) is 13.4. The third-order valence-electron chi connectivity index (χ3n) is 3.31. The first-order chi connectivity index (χ1) is 8.90. The van der Waals surface area contributed by atoms with Gasteiger partial charge in [-0.3, -0.25) is 14.3 Å². The molecule has 0 fully saturated rings. The Balaban J connectivity index is 2.29. The number of oxazole rings is 1. The van der Waals surface area contributed by atoms with E-state index in [9.17, 15) is 9.59 Å². The number of fused-ring (bicyclic) bond motifs is 1. The smallest absolute Gasteiger partial charge is 0.419 e. The highest BCUT2D eigenvalue weighted by molar-refractivity contribution is 5.74. The van der Waals surface area contributed by atoms with Gasteiger partial charge in [0.15, 0.2) is 5.58 Å². The number of likely N-dealkylation sites (N-methyl/N-ethyl adjacent to an activating group) is 1. The maximum absolute atomic E-state index is 11.4. The van der Waals surface area contributed by atoms with Crippen molar-refractivity contribution in [3.63, 3.8) is 0 Å². The molecule has 6 nitrogen and oxygen atoms in total. The number of rotatable bonds is 4. The molecule has 2 rings (SSSR count). The number of hydrogen-bond donors (Lipinski definition) is 1. The van der Waals surface area contributed by atoms with Crippen LogP contribution < -0.4 is 5.76 Å². The minimum Gasteiger partial charge on any atom is -0.480 e. The minimum absolute atomic E-state index is 0.403. The summed E-state index contributed by atoms with van der Waals surface area (Å²) >= 11 is 0. The highest BCUT2D eigenvalue weighted by Gasteiger charge is 2.17. The van der Waals surface area contributed by atoms with E-state index in [0.29, 0.717) is 17.6 Å². The molecule has 102 valence electrons. The van der Waals surface area contributed by atoms with Gasteiger partial charge >= 0.3 is 11.7 Å². The molecule has 0 saturated carbocycles. The molecule has 0 aliphatic heterocycles. The Hall–Kier alpha value is -2.08. The number of aromatic nitrogens is 1. The van der Waals surface area contributed by atoms with Crippen molar-refractivity contribution in [1.29, 1.82) is 0 Å². The first-order valence-corrected chi connectivity index (χ1v) is 5.91. The molecule has 0 amide bonds. The van der Waals surface area contributed by atoms with Crippen LogP contribution in [0.3, 0.4) is 0 Å². The van der Waals surface area contributed by atoms with Crippen LogP contribution in [0.4, 0.5) is 0 Å². The molecule has 19 heavy (non-hydrogen) atoms. The summed E-state index contributed by atoms with van der Waals surface area (Å²) in [6.45, 7) is 2.12. The average molecular weight is 264 g/mol. The Morgan fingerprint density at radius 3 is 2.84 bits per heavy atom. The maximum Gasteiger partial charge on any atom is 0.419 e. The molecule has 1 unspecified atom stereocenters. The third-order valence-corrected chi connectivity index (χ3v) is 3.31. The van der Waals surface area contributed by atoms with Crippen LogP contribution >= 0.6 is 0 Å². The lowest BCUT2D eigenvalue weighted by atomic mass is 10.1. The number of nitrogens with zero attached hydrogens (tertiary/aromatic N) is 2. The van der Waals surface area contributed by atoms with Gasteiger partial charge in [0.1, 0.15) is 6.04 Å². The van der Waals surface area contributed by atoms with Gasteiger partial charge in [0.2, 0.25) is 0 Å². The van der Waals surface area contributed by atoms with Crippen LogP contribution in [-0.2, 0) is 18.4 Å². The molecule has 0 spiro atoms. The van der Waals surface area contributed by atoms with Crippen LogP contribution in [0.1, 0.15) is 12.5 Å². The van der Waals surface area contributed by atoms with Gasteiger partial charge in [-0.1, -0.05) is 6.07 Å². The second kappa shape index (κ2) is 4.89. The zero-order valence-electron chi connectivity index (χ0n) is 11.1. The van der Waals surface area contributed by atoms with Gasteiger partial charge in [0, 0.05) is 13.6 Å².